The minimum atomic E-state index is -0.646. The van der Waals surface area contributed by atoms with Crippen LogP contribution in [0.25, 0.3) is 0 Å². The van der Waals surface area contributed by atoms with Crippen LogP contribution in [-0.2, 0) is 9.59 Å². The molecule has 8 heavy (non-hydrogen) atoms. The molecule has 1 atom stereocenters. The Labute approximate surface area is 47.2 Å². The van der Waals surface area contributed by atoms with Crippen molar-refractivity contribution in [2.75, 3.05) is 0 Å². The van der Waals surface area contributed by atoms with Gasteiger partial charge in [0.05, 0.1) is 0 Å². The molecular weight excluding hydrogens is 108 g/mol. The quantitative estimate of drug-likeness (QED) is 0.218. The number of carbonyl (C=O) groups excluding carboxylic acids is 2. The monoisotopic (exact) mass is 115 g/mol. The Hall–Kier alpha value is -0.900. The average Bonchev–Trinajstić information content (AvgIpc) is 1.84. The first-order valence-corrected chi connectivity index (χ1v) is 2.08. The lowest BCUT2D eigenvalue weighted by Crippen LogP contribution is -2.38. The molecule has 0 heterocycles. The van der Waals surface area contributed by atoms with Gasteiger partial charge in [0, 0.05) is 0 Å². The van der Waals surface area contributed by atoms with E-state index < -0.39 is 6.04 Å². The smallest absolute Gasteiger partial charge is 0.224 e. The highest BCUT2D eigenvalue weighted by molar-refractivity contribution is 5.63. The normalized spacial score (nSPS) is 12.2. The molecule has 0 aliphatic rings. The van der Waals surface area contributed by atoms with Gasteiger partial charge in [-0.2, -0.15) is 0 Å². The highest BCUT2D eigenvalue weighted by atomic mass is 16.1. The fourth-order valence-corrected chi connectivity index (χ4v) is 0.152. The number of hydrazine groups is 1. The zero-order chi connectivity index (χ0) is 6.57. The molecule has 0 aliphatic carbocycles. The van der Waals surface area contributed by atoms with E-state index in [2.05, 4.69) is 0 Å². The number of carbonyl (C=O) groups is 1. The highest BCUT2D eigenvalue weighted by Crippen LogP contribution is 1.79. The molecule has 1 radical (unpaired) electrons. The zero-order valence-corrected chi connectivity index (χ0v) is 4.50. The third-order valence-corrected chi connectivity index (χ3v) is 0.739. The summed E-state index contributed by atoms with van der Waals surface area (Å²) >= 11 is 0. The number of nitrogens with two attached hydrogens (primary N) is 1. The van der Waals surface area contributed by atoms with E-state index in [0.717, 1.165) is 5.01 Å². The topological polar surface area (TPSA) is 63.4 Å². The van der Waals surface area contributed by atoms with Gasteiger partial charge >= 0.3 is 0 Å². The first-order valence-electron chi connectivity index (χ1n) is 2.08. The van der Waals surface area contributed by atoms with Gasteiger partial charge in [0.1, 0.15) is 6.04 Å². The summed E-state index contributed by atoms with van der Waals surface area (Å²) in [5.74, 6) is 4.93. The van der Waals surface area contributed by atoms with E-state index in [4.69, 9.17) is 5.84 Å². The number of hydrogen-bond donors (Lipinski definition) is 1. The van der Waals surface area contributed by atoms with Crippen molar-refractivity contribution in [2.24, 2.45) is 5.84 Å². The Morgan fingerprint density at radius 1 is 1.88 bits per heavy atom. The zero-order valence-electron chi connectivity index (χ0n) is 4.50. The maximum atomic E-state index is 9.73. The van der Waals surface area contributed by atoms with Crippen molar-refractivity contribution in [3.05, 3.63) is 0 Å². The Kier molecular flexibility index (Phi) is 2.79. The largest absolute Gasteiger partial charge is 0.288 e. The van der Waals surface area contributed by atoms with Crippen molar-refractivity contribution in [1.29, 1.82) is 0 Å². The Bertz CT molecular complexity index is 82.0. The summed E-state index contributed by atoms with van der Waals surface area (Å²) in [7, 11) is 0. The van der Waals surface area contributed by atoms with Gasteiger partial charge in [0.2, 0.25) is 12.7 Å². The first kappa shape index (κ1) is 7.10. The maximum Gasteiger partial charge on any atom is 0.224 e. The van der Waals surface area contributed by atoms with Crippen LogP contribution in [0.2, 0.25) is 0 Å². The summed E-state index contributed by atoms with van der Waals surface area (Å²) in [6.45, 7) is 1.47. The third-order valence-electron chi connectivity index (χ3n) is 0.739. The van der Waals surface area contributed by atoms with Crippen LogP contribution in [0.15, 0.2) is 0 Å². The number of hydrogen-bond acceptors (Lipinski definition) is 3. The van der Waals surface area contributed by atoms with Gasteiger partial charge in [-0.1, -0.05) is 0 Å². The third kappa shape index (κ3) is 1.70. The molecule has 4 nitrogen and oxygen atoms in total. The van der Waals surface area contributed by atoms with E-state index in [1.165, 1.54) is 13.2 Å². The molecule has 0 fully saturated rings. The predicted octanol–water partition coefficient (Wildman–Crippen LogP) is -1.18. The van der Waals surface area contributed by atoms with Crippen LogP contribution in [0, 0.1) is 0 Å². The second kappa shape index (κ2) is 3.15. The summed E-state index contributed by atoms with van der Waals surface area (Å²) in [5.41, 5.74) is 0. The Balaban J connectivity index is 3.60. The van der Waals surface area contributed by atoms with Gasteiger partial charge in [0.25, 0.3) is 0 Å². The molecule has 0 aliphatic heterocycles. The molecule has 0 bridgehead atoms. The molecule has 0 spiro atoms. The van der Waals surface area contributed by atoms with Crippen molar-refractivity contribution in [3.8, 4) is 0 Å². The van der Waals surface area contributed by atoms with E-state index in [9.17, 15) is 9.59 Å². The van der Waals surface area contributed by atoms with E-state index in [0.29, 0.717) is 6.41 Å². The van der Waals surface area contributed by atoms with Crippen LogP contribution < -0.4 is 5.84 Å². The van der Waals surface area contributed by atoms with Crippen molar-refractivity contribution in [2.45, 2.75) is 13.0 Å². The first-order chi connectivity index (χ1) is 3.72. The van der Waals surface area contributed by atoms with Crippen LogP contribution in [0.4, 0.5) is 0 Å². The molecule has 0 saturated heterocycles. The molecular formula is C4H7N2O2. The van der Waals surface area contributed by atoms with Crippen molar-refractivity contribution in [3.63, 3.8) is 0 Å². The Morgan fingerprint density at radius 3 is 2.50 bits per heavy atom. The summed E-state index contributed by atoms with van der Waals surface area (Å²) in [6.07, 6.45) is 1.91. The van der Waals surface area contributed by atoms with Crippen LogP contribution in [-0.4, -0.2) is 23.7 Å². The minimum absolute atomic E-state index is 0.371. The summed E-state index contributed by atoms with van der Waals surface area (Å²) in [6, 6.07) is -0.646. The van der Waals surface area contributed by atoms with Crippen molar-refractivity contribution >= 4 is 12.7 Å². The number of rotatable bonds is 3. The van der Waals surface area contributed by atoms with Crippen LogP contribution >= 0.6 is 0 Å². The fourth-order valence-electron chi connectivity index (χ4n) is 0.152. The molecule has 45 valence electrons. The average molecular weight is 115 g/mol. The molecule has 0 aromatic heterocycles. The highest BCUT2D eigenvalue weighted by Gasteiger charge is 2.03. The van der Waals surface area contributed by atoms with Gasteiger partial charge in [-0.05, 0) is 6.92 Å². The number of amides is 1. The van der Waals surface area contributed by atoms with E-state index in [-0.39, 0.29) is 0 Å². The fraction of sp³-hybridized carbons (Fsp3) is 0.500. The molecule has 0 rings (SSSR count). The maximum absolute atomic E-state index is 9.73. The van der Waals surface area contributed by atoms with Crippen LogP contribution in [0.5, 0.6) is 0 Å². The molecule has 0 saturated carbocycles. The van der Waals surface area contributed by atoms with Crippen molar-refractivity contribution < 1.29 is 9.59 Å². The minimum Gasteiger partial charge on any atom is -0.288 e. The van der Waals surface area contributed by atoms with Gasteiger partial charge in [-0.25, -0.2) is 5.84 Å². The second-order valence-corrected chi connectivity index (χ2v) is 1.35. The van der Waals surface area contributed by atoms with Crippen molar-refractivity contribution in [1.82, 2.24) is 5.01 Å². The lowest BCUT2D eigenvalue weighted by atomic mass is 10.4. The molecule has 1 unspecified atom stereocenters. The summed E-state index contributed by atoms with van der Waals surface area (Å²) < 4.78 is 0. The Morgan fingerprint density at radius 2 is 2.38 bits per heavy atom. The van der Waals surface area contributed by atoms with Gasteiger partial charge in [0.15, 0.2) is 0 Å². The molecule has 0 aromatic carbocycles. The summed E-state index contributed by atoms with van der Waals surface area (Å²) in [5, 5.41) is 0.743. The van der Waals surface area contributed by atoms with Gasteiger partial charge in [-0.15, -0.1) is 0 Å². The van der Waals surface area contributed by atoms with E-state index in [1.807, 2.05) is 0 Å². The van der Waals surface area contributed by atoms with Gasteiger partial charge < -0.3 is 0 Å². The standard InChI is InChI=1S/C4H7N2O2/c1-4(2-7)6(5)3-8/h3-4H,5H2,1H3. The van der Waals surface area contributed by atoms with Gasteiger partial charge in [-0.3, -0.25) is 14.6 Å². The lowest BCUT2D eigenvalue weighted by Gasteiger charge is -2.10. The number of nitrogens with zero attached hydrogens (tertiary/aromatic N) is 1. The lowest BCUT2D eigenvalue weighted by molar-refractivity contribution is -0.119. The predicted molar refractivity (Wildman–Crippen MR) is 27.2 cm³/mol. The summed E-state index contributed by atoms with van der Waals surface area (Å²) in [4.78, 5) is 19.4. The van der Waals surface area contributed by atoms with E-state index >= 15 is 0 Å². The molecule has 0 aromatic rings. The van der Waals surface area contributed by atoms with Crippen LogP contribution in [0.1, 0.15) is 6.92 Å². The molecule has 2 N–H and O–H groups in total. The SMILES string of the molecule is CC([C]=O)N(N)C=O. The molecule has 1 amide bonds. The molecule has 4 heteroatoms. The second-order valence-electron chi connectivity index (χ2n) is 1.35. The van der Waals surface area contributed by atoms with Crippen LogP contribution in [0.3, 0.4) is 0 Å². The van der Waals surface area contributed by atoms with E-state index in [1.54, 1.807) is 0 Å².